The van der Waals surface area contributed by atoms with Crippen molar-refractivity contribution in [2.24, 2.45) is 0 Å². The molecule has 0 bridgehead atoms. The van der Waals surface area contributed by atoms with Gasteiger partial charge in [-0.1, -0.05) is 24.3 Å². The van der Waals surface area contributed by atoms with Crippen LogP contribution in [0.15, 0.2) is 24.3 Å². The number of hydrogen-bond donors (Lipinski definition) is 1. The Hall–Kier alpha value is -0.940. The third-order valence-electron chi connectivity index (χ3n) is 4.58. The summed E-state index contributed by atoms with van der Waals surface area (Å²) in [5.41, 5.74) is 2.85. The Bertz CT molecular complexity index is 445. The van der Waals surface area contributed by atoms with Crippen LogP contribution in [0.3, 0.4) is 0 Å². The van der Waals surface area contributed by atoms with Gasteiger partial charge in [0.1, 0.15) is 0 Å². The Kier molecular flexibility index (Phi) is 5.25. The second-order valence-electron chi connectivity index (χ2n) is 6.16. The summed E-state index contributed by atoms with van der Waals surface area (Å²) >= 11 is 0. The Morgan fingerprint density at radius 3 is 2.95 bits per heavy atom. The van der Waals surface area contributed by atoms with Gasteiger partial charge >= 0.3 is 0 Å². The van der Waals surface area contributed by atoms with Gasteiger partial charge in [-0.15, -0.1) is 0 Å². The first-order chi connectivity index (χ1) is 10.3. The van der Waals surface area contributed by atoms with E-state index in [-0.39, 0.29) is 6.10 Å². The molecule has 1 aromatic carbocycles. The Balaban J connectivity index is 1.49. The largest absolute Gasteiger partial charge is 0.372 e. The highest BCUT2D eigenvalue weighted by atomic mass is 16.5. The minimum atomic E-state index is 0.239. The van der Waals surface area contributed by atoms with Crippen molar-refractivity contribution in [2.45, 2.75) is 12.5 Å². The summed E-state index contributed by atoms with van der Waals surface area (Å²) in [5.74, 6) is 0. The molecule has 4 nitrogen and oxygen atoms in total. The van der Waals surface area contributed by atoms with E-state index in [0.717, 1.165) is 45.8 Å². The number of piperazine rings is 1. The van der Waals surface area contributed by atoms with Gasteiger partial charge in [0.2, 0.25) is 0 Å². The van der Waals surface area contributed by atoms with Crippen LogP contribution < -0.4 is 5.32 Å². The zero-order chi connectivity index (χ0) is 14.5. The zero-order valence-corrected chi connectivity index (χ0v) is 13.1. The summed E-state index contributed by atoms with van der Waals surface area (Å²) in [7, 11) is 2.21. The molecular formula is C17H27N3O. The molecule has 1 unspecified atom stereocenters. The minimum Gasteiger partial charge on any atom is -0.372 e. The van der Waals surface area contributed by atoms with Crippen LogP contribution in [-0.2, 0) is 11.2 Å². The predicted molar refractivity (Wildman–Crippen MR) is 85.6 cm³/mol. The van der Waals surface area contributed by atoms with E-state index in [4.69, 9.17) is 4.74 Å². The highest BCUT2D eigenvalue weighted by molar-refractivity contribution is 5.31. The summed E-state index contributed by atoms with van der Waals surface area (Å²) in [5, 5.41) is 3.40. The molecule has 2 aliphatic heterocycles. The van der Waals surface area contributed by atoms with Crippen LogP contribution >= 0.6 is 0 Å². The van der Waals surface area contributed by atoms with Crippen molar-refractivity contribution >= 4 is 0 Å². The number of benzene rings is 1. The van der Waals surface area contributed by atoms with E-state index in [2.05, 4.69) is 46.4 Å². The molecule has 0 aliphatic carbocycles. The maximum Gasteiger partial charge on any atom is 0.0954 e. The van der Waals surface area contributed by atoms with Crippen LogP contribution in [-0.4, -0.2) is 69.3 Å². The van der Waals surface area contributed by atoms with Gasteiger partial charge in [-0.25, -0.2) is 0 Å². The molecule has 116 valence electrons. The Morgan fingerprint density at radius 1 is 1.29 bits per heavy atom. The molecule has 1 fully saturated rings. The maximum absolute atomic E-state index is 6.00. The average molecular weight is 289 g/mol. The number of ether oxygens (including phenoxy) is 1. The lowest BCUT2D eigenvalue weighted by atomic mass is 9.97. The molecule has 2 heterocycles. The number of rotatable bonds is 5. The summed E-state index contributed by atoms with van der Waals surface area (Å²) in [4.78, 5) is 4.96. The van der Waals surface area contributed by atoms with Crippen LogP contribution in [0.4, 0.5) is 0 Å². The molecule has 2 aliphatic rings. The predicted octanol–water partition coefficient (Wildman–Crippen LogP) is 1.14. The van der Waals surface area contributed by atoms with Gasteiger partial charge in [0.25, 0.3) is 0 Å². The smallest absolute Gasteiger partial charge is 0.0954 e. The van der Waals surface area contributed by atoms with Crippen LogP contribution in [0.25, 0.3) is 0 Å². The van der Waals surface area contributed by atoms with Crippen molar-refractivity contribution in [1.82, 2.24) is 15.1 Å². The van der Waals surface area contributed by atoms with E-state index < -0.39 is 0 Å². The summed E-state index contributed by atoms with van der Waals surface area (Å²) in [6.45, 7) is 8.73. The van der Waals surface area contributed by atoms with Gasteiger partial charge in [0.05, 0.1) is 12.7 Å². The topological polar surface area (TPSA) is 27.7 Å². The number of nitrogens with zero attached hydrogens (tertiary/aromatic N) is 2. The fourth-order valence-electron chi connectivity index (χ4n) is 3.25. The van der Waals surface area contributed by atoms with E-state index in [1.54, 1.807) is 0 Å². The van der Waals surface area contributed by atoms with Crippen molar-refractivity contribution in [2.75, 3.05) is 59.5 Å². The second kappa shape index (κ2) is 7.36. The standard InChI is InChI=1S/C17H27N3O/c1-19(11-12-20-9-7-18-8-10-20)14-17-16-5-3-2-4-15(16)6-13-21-17/h2-5,17-18H,6-14H2,1H3. The maximum atomic E-state index is 6.00. The molecule has 3 rings (SSSR count). The molecule has 1 N–H and O–H groups in total. The van der Waals surface area contributed by atoms with E-state index in [1.807, 2.05) is 0 Å². The number of hydrogen-bond acceptors (Lipinski definition) is 4. The van der Waals surface area contributed by atoms with Crippen molar-refractivity contribution in [3.63, 3.8) is 0 Å². The molecule has 0 aromatic heterocycles. The SMILES string of the molecule is CN(CCN1CCNCC1)CC1OCCc2ccccc21. The number of fused-ring (bicyclic) bond motifs is 1. The van der Waals surface area contributed by atoms with Crippen molar-refractivity contribution < 1.29 is 4.74 Å². The van der Waals surface area contributed by atoms with Crippen LogP contribution in [0.2, 0.25) is 0 Å². The van der Waals surface area contributed by atoms with Gasteiger partial charge in [-0.2, -0.15) is 0 Å². The molecule has 0 radical (unpaired) electrons. The van der Waals surface area contributed by atoms with Crippen molar-refractivity contribution in [1.29, 1.82) is 0 Å². The van der Waals surface area contributed by atoms with Crippen molar-refractivity contribution in [3.05, 3.63) is 35.4 Å². The molecule has 0 saturated carbocycles. The zero-order valence-electron chi connectivity index (χ0n) is 13.1. The third-order valence-corrected chi connectivity index (χ3v) is 4.58. The molecular weight excluding hydrogens is 262 g/mol. The fraction of sp³-hybridized carbons (Fsp3) is 0.647. The molecule has 1 saturated heterocycles. The van der Waals surface area contributed by atoms with Crippen LogP contribution in [0, 0.1) is 0 Å². The summed E-state index contributed by atoms with van der Waals surface area (Å²) < 4.78 is 6.00. The fourth-order valence-corrected chi connectivity index (χ4v) is 3.25. The normalized spacial score (nSPS) is 23.2. The lowest BCUT2D eigenvalue weighted by Crippen LogP contribution is -2.46. The number of nitrogens with one attached hydrogen (secondary N) is 1. The lowest BCUT2D eigenvalue weighted by Gasteiger charge is -2.32. The van der Waals surface area contributed by atoms with Gasteiger partial charge in [0.15, 0.2) is 0 Å². The molecule has 0 amide bonds. The average Bonchev–Trinajstić information content (AvgIpc) is 2.54. The van der Waals surface area contributed by atoms with Gasteiger partial charge in [-0.05, 0) is 24.6 Å². The molecule has 0 spiro atoms. The Morgan fingerprint density at radius 2 is 2.10 bits per heavy atom. The minimum absolute atomic E-state index is 0.239. The van der Waals surface area contributed by atoms with Gasteiger partial charge < -0.3 is 15.0 Å². The molecule has 21 heavy (non-hydrogen) atoms. The first-order valence-electron chi connectivity index (χ1n) is 8.14. The second-order valence-corrected chi connectivity index (χ2v) is 6.16. The summed E-state index contributed by atoms with van der Waals surface area (Å²) in [6.07, 6.45) is 1.29. The highest BCUT2D eigenvalue weighted by Gasteiger charge is 2.21. The molecule has 1 aromatic rings. The third kappa shape index (κ3) is 4.04. The van der Waals surface area contributed by atoms with Crippen molar-refractivity contribution in [3.8, 4) is 0 Å². The van der Waals surface area contributed by atoms with Gasteiger partial charge in [0, 0.05) is 45.8 Å². The highest BCUT2D eigenvalue weighted by Crippen LogP contribution is 2.27. The number of likely N-dealkylation sites (N-methyl/N-ethyl adjacent to an activating group) is 1. The Labute approximate surface area is 128 Å². The monoisotopic (exact) mass is 289 g/mol. The lowest BCUT2D eigenvalue weighted by molar-refractivity contribution is 0.0193. The van der Waals surface area contributed by atoms with E-state index in [9.17, 15) is 0 Å². The quantitative estimate of drug-likeness (QED) is 0.880. The van der Waals surface area contributed by atoms with Crippen LogP contribution in [0.1, 0.15) is 17.2 Å². The van der Waals surface area contributed by atoms with Crippen LogP contribution in [0.5, 0.6) is 0 Å². The summed E-state index contributed by atoms with van der Waals surface area (Å²) in [6, 6.07) is 8.73. The molecule has 4 heteroatoms. The van der Waals surface area contributed by atoms with E-state index in [1.165, 1.54) is 24.2 Å². The van der Waals surface area contributed by atoms with E-state index in [0.29, 0.717) is 0 Å². The first-order valence-corrected chi connectivity index (χ1v) is 8.14. The molecule has 1 atom stereocenters. The van der Waals surface area contributed by atoms with E-state index >= 15 is 0 Å². The van der Waals surface area contributed by atoms with Gasteiger partial charge in [-0.3, -0.25) is 4.90 Å². The first kappa shape index (κ1) is 15.0.